The average Bonchev–Trinajstić information content (AvgIpc) is 3.24. The van der Waals surface area contributed by atoms with Crippen molar-refractivity contribution in [3.8, 4) is 11.5 Å². The molecule has 0 aliphatic rings. The molecule has 0 atom stereocenters. The molecule has 30 heavy (non-hydrogen) atoms. The largest absolute Gasteiger partial charge is 0.490 e. The molecule has 8 heteroatoms. The fourth-order valence-corrected chi connectivity index (χ4v) is 4.09. The summed E-state index contributed by atoms with van der Waals surface area (Å²) in [5.41, 5.74) is 2.28. The van der Waals surface area contributed by atoms with E-state index in [1.807, 2.05) is 37.3 Å². The lowest BCUT2D eigenvalue weighted by Crippen LogP contribution is -2.22. The fourth-order valence-electron chi connectivity index (χ4n) is 3.10. The van der Waals surface area contributed by atoms with Crippen LogP contribution in [0.25, 0.3) is 22.1 Å². The highest BCUT2D eigenvalue weighted by Gasteiger charge is 2.12. The van der Waals surface area contributed by atoms with Gasteiger partial charge in [-0.15, -0.1) is 0 Å². The van der Waals surface area contributed by atoms with Crippen molar-refractivity contribution in [3.05, 3.63) is 62.9 Å². The van der Waals surface area contributed by atoms with E-state index in [1.54, 1.807) is 29.5 Å². The first-order chi connectivity index (χ1) is 14.6. The van der Waals surface area contributed by atoms with Crippen LogP contribution in [-0.2, 0) is 9.53 Å². The van der Waals surface area contributed by atoms with Crippen molar-refractivity contribution in [2.75, 3.05) is 19.8 Å². The van der Waals surface area contributed by atoms with Crippen LogP contribution in [0.5, 0.6) is 11.5 Å². The molecule has 0 N–H and O–H groups in total. The molecule has 4 aromatic rings. The SMILES string of the molecule is CCOC(=O)COc1ccc(/C=c2/sc3nc4ccccc4n3c2=O)cc1OCC. The summed E-state index contributed by atoms with van der Waals surface area (Å²) >= 11 is 1.34. The van der Waals surface area contributed by atoms with E-state index >= 15 is 0 Å². The summed E-state index contributed by atoms with van der Waals surface area (Å²) in [7, 11) is 0. The van der Waals surface area contributed by atoms with E-state index in [1.165, 1.54) is 11.3 Å². The van der Waals surface area contributed by atoms with Gasteiger partial charge in [0.15, 0.2) is 23.1 Å². The molecule has 2 aromatic carbocycles. The van der Waals surface area contributed by atoms with Crippen molar-refractivity contribution in [2.45, 2.75) is 13.8 Å². The zero-order valence-corrected chi connectivity index (χ0v) is 17.4. The number of imidazole rings is 1. The Bertz CT molecular complexity index is 1320. The number of hydrogen-bond acceptors (Lipinski definition) is 7. The molecule has 0 bridgehead atoms. The highest BCUT2D eigenvalue weighted by atomic mass is 32.1. The number of esters is 1. The van der Waals surface area contributed by atoms with Gasteiger partial charge in [0.05, 0.1) is 28.8 Å². The van der Waals surface area contributed by atoms with Crippen molar-refractivity contribution < 1.29 is 19.0 Å². The minimum Gasteiger partial charge on any atom is -0.490 e. The Hall–Kier alpha value is -3.39. The lowest BCUT2D eigenvalue weighted by atomic mass is 10.2. The summed E-state index contributed by atoms with van der Waals surface area (Å²) in [5.74, 6) is 0.492. The Labute approximate surface area is 176 Å². The first kappa shape index (κ1) is 19.9. The lowest BCUT2D eigenvalue weighted by Gasteiger charge is -2.12. The van der Waals surface area contributed by atoms with Crippen LogP contribution in [0, 0.1) is 0 Å². The molecule has 154 valence electrons. The Kier molecular flexibility index (Phi) is 5.67. The molecule has 0 radical (unpaired) electrons. The maximum Gasteiger partial charge on any atom is 0.344 e. The Morgan fingerprint density at radius 1 is 1.10 bits per heavy atom. The number of benzene rings is 2. The number of para-hydroxylation sites is 2. The van der Waals surface area contributed by atoms with Gasteiger partial charge in [-0.2, -0.15) is 0 Å². The number of aromatic nitrogens is 2. The van der Waals surface area contributed by atoms with E-state index in [-0.39, 0.29) is 12.2 Å². The molecule has 0 aliphatic heterocycles. The van der Waals surface area contributed by atoms with Gasteiger partial charge in [0, 0.05) is 0 Å². The zero-order valence-electron chi connectivity index (χ0n) is 16.6. The van der Waals surface area contributed by atoms with Gasteiger partial charge in [0.25, 0.3) is 5.56 Å². The Morgan fingerprint density at radius 2 is 1.93 bits per heavy atom. The van der Waals surface area contributed by atoms with E-state index in [0.717, 1.165) is 16.6 Å². The summed E-state index contributed by atoms with van der Waals surface area (Å²) < 4.78 is 18.3. The van der Waals surface area contributed by atoms with Gasteiger partial charge in [-0.25, -0.2) is 14.2 Å². The molecule has 0 unspecified atom stereocenters. The molecule has 0 spiro atoms. The number of carbonyl (C=O) groups is 1. The molecule has 0 saturated heterocycles. The average molecular weight is 424 g/mol. The number of rotatable bonds is 7. The first-order valence-corrected chi connectivity index (χ1v) is 10.4. The maximum absolute atomic E-state index is 12.9. The molecule has 7 nitrogen and oxygen atoms in total. The number of nitrogens with zero attached hydrogens (tertiary/aromatic N) is 2. The topological polar surface area (TPSA) is 79.1 Å². The predicted molar refractivity (Wildman–Crippen MR) is 115 cm³/mol. The highest BCUT2D eigenvalue weighted by Crippen LogP contribution is 2.29. The van der Waals surface area contributed by atoms with Gasteiger partial charge in [-0.3, -0.25) is 4.79 Å². The van der Waals surface area contributed by atoms with Crippen LogP contribution in [0.2, 0.25) is 0 Å². The molecule has 0 saturated carbocycles. The monoisotopic (exact) mass is 424 g/mol. The van der Waals surface area contributed by atoms with Crippen molar-refractivity contribution in [1.29, 1.82) is 0 Å². The summed E-state index contributed by atoms with van der Waals surface area (Å²) in [6.07, 6.45) is 1.80. The zero-order chi connectivity index (χ0) is 21.1. The third-order valence-electron chi connectivity index (χ3n) is 4.36. The minimum absolute atomic E-state index is 0.107. The van der Waals surface area contributed by atoms with Crippen molar-refractivity contribution >= 4 is 39.4 Å². The van der Waals surface area contributed by atoms with Crippen molar-refractivity contribution in [2.24, 2.45) is 0 Å². The maximum atomic E-state index is 12.9. The van der Waals surface area contributed by atoms with Crippen LogP contribution in [0.15, 0.2) is 47.3 Å². The number of thiazole rings is 1. The Morgan fingerprint density at radius 3 is 2.73 bits per heavy atom. The second kappa shape index (κ2) is 8.54. The smallest absolute Gasteiger partial charge is 0.344 e. The van der Waals surface area contributed by atoms with Crippen LogP contribution in [0.1, 0.15) is 19.4 Å². The van der Waals surface area contributed by atoms with Crippen LogP contribution in [0.3, 0.4) is 0 Å². The Balaban J connectivity index is 1.69. The highest BCUT2D eigenvalue weighted by molar-refractivity contribution is 7.15. The van der Waals surface area contributed by atoms with Gasteiger partial charge in [0.1, 0.15) is 0 Å². The summed E-state index contributed by atoms with van der Waals surface area (Å²) in [6.45, 7) is 4.14. The molecule has 2 aromatic heterocycles. The molecule has 2 heterocycles. The van der Waals surface area contributed by atoms with Crippen LogP contribution >= 0.6 is 11.3 Å². The molecular formula is C22H20N2O5S. The lowest BCUT2D eigenvalue weighted by molar-refractivity contribution is -0.145. The third-order valence-corrected chi connectivity index (χ3v) is 5.33. The van der Waals surface area contributed by atoms with Crippen LogP contribution in [-0.4, -0.2) is 35.2 Å². The first-order valence-electron chi connectivity index (χ1n) is 9.57. The van der Waals surface area contributed by atoms with Gasteiger partial charge in [-0.05, 0) is 49.8 Å². The number of hydrogen-bond donors (Lipinski definition) is 0. The minimum atomic E-state index is -0.444. The molecular weight excluding hydrogens is 404 g/mol. The summed E-state index contributed by atoms with van der Waals surface area (Å²) in [6, 6.07) is 12.9. The molecule has 0 amide bonds. The van der Waals surface area contributed by atoms with Crippen LogP contribution < -0.4 is 19.6 Å². The van der Waals surface area contributed by atoms with Gasteiger partial charge in [0.2, 0.25) is 0 Å². The number of fused-ring (bicyclic) bond motifs is 3. The fraction of sp³-hybridized carbons (Fsp3) is 0.227. The van der Waals surface area contributed by atoms with Gasteiger partial charge >= 0.3 is 5.97 Å². The van der Waals surface area contributed by atoms with Crippen molar-refractivity contribution in [3.63, 3.8) is 0 Å². The van der Waals surface area contributed by atoms with Crippen molar-refractivity contribution in [1.82, 2.24) is 9.38 Å². The van der Waals surface area contributed by atoms with Gasteiger partial charge < -0.3 is 14.2 Å². The second-order valence-corrected chi connectivity index (χ2v) is 7.38. The standard InChI is InChI=1S/C22H20N2O5S/c1-3-27-18-11-14(9-10-17(18)29-13-20(25)28-4-2)12-19-21(26)24-16-8-6-5-7-15(16)23-22(24)30-19/h5-12H,3-4,13H2,1-2H3/b19-12+. The normalized spacial score (nSPS) is 11.9. The quantitative estimate of drug-likeness (QED) is 0.425. The number of ether oxygens (including phenoxy) is 3. The predicted octanol–water partition coefficient (Wildman–Crippen LogP) is 2.80. The summed E-state index contributed by atoms with van der Waals surface area (Å²) in [4.78, 5) is 29.7. The van der Waals surface area contributed by atoms with E-state index in [9.17, 15) is 9.59 Å². The molecule has 0 fully saturated rings. The van der Waals surface area contributed by atoms with E-state index in [0.29, 0.717) is 34.2 Å². The summed E-state index contributed by atoms with van der Waals surface area (Å²) in [5, 5.41) is 0. The second-order valence-electron chi connectivity index (χ2n) is 6.37. The van der Waals surface area contributed by atoms with Gasteiger partial charge in [-0.1, -0.05) is 29.5 Å². The van der Waals surface area contributed by atoms with Crippen LogP contribution in [0.4, 0.5) is 0 Å². The third kappa shape index (κ3) is 3.86. The van der Waals surface area contributed by atoms with E-state index < -0.39 is 5.97 Å². The number of carbonyl (C=O) groups excluding carboxylic acids is 1. The van der Waals surface area contributed by atoms with E-state index in [2.05, 4.69) is 4.98 Å². The van der Waals surface area contributed by atoms with E-state index in [4.69, 9.17) is 14.2 Å². The molecule has 4 rings (SSSR count). The molecule has 0 aliphatic carbocycles.